The van der Waals surface area contributed by atoms with Gasteiger partial charge in [-0.3, -0.25) is 25.8 Å². The number of nitro groups is 1. The summed E-state index contributed by atoms with van der Waals surface area (Å²) in [6.45, 7) is 7.45. The lowest BCUT2D eigenvalue weighted by Crippen LogP contribution is -2.35. The van der Waals surface area contributed by atoms with Crippen LogP contribution in [0.3, 0.4) is 0 Å². The number of hydrogen-bond donors (Lipinski definition) is 2. The molecule has 2 aliphatic rings. The number of halogens is 1. The van der Waals surface area contributed by atoms with E-state index in [-0.39, 0.29) is 28.4 Å². The molecule has 1 aromatic carbocycles. The Balaban J connectivity index is 1.60. The van der Waals surface area contributed by atoms with Gasteiger partial charge >= 0.3 is 5.69 Å². The third-order valence-electron chi connectivity index (χ3n) is 6.07. The van der Waals surface area contributed by atoms with Crippen LogP contribution in [0.1, 0.15) is 50.4 Å². The lowest BCUT2D eigenvalue weighted by Gasteiger charge is -2.39. The smallest absolute Gasteiger partial charge is 0.347 e. The first kappa shape index (κ1) is 21.5. The molecule has 31 heavy (non-hydrogen) atoms. The molecule has 164 valence electrons. The highest BCUT2D eigenvalue weighted by Crippen LogP contribution is 2.54. The quantitative estimate of drug-likeness (QED) is 0.475. The fourth-order valence-corrected chi connectivity index (χ4v) is 5.60. The number of carbonyl (C=O) groups excluding carboxylic acids is 1. The van der Waals surface area contributed by atoms with Gasteiger partial charge in [0.05, 0.1) is 4.92 Å². The molecule has 2 bridgehead atoms. The number of amides is 1. The van der Waals surface area contributed by atoms with E-state index < -0.39 is 10.8 Å². The summed E-state index contributed by atoms with van der Waals surface area (Å²) in [4.78, 5) is 34.3. The SMILES string of the molecule is CC1(C)CC2CC(C)(CN2c2ncnc(NNC(=O)c3ccc(Br)cc3)c2[N+](=O)[O-])C1. The Kier molecular flexibility index (Phi) is 5.36. The normalized spacial score (nSPS) is 24.0. The van der Waals surface area contributed by atoms with Crippen LogP contribution in [0.15, 0.2) is 35.1 Å². The number of aromatic nitrogens is 2. The molecule has 2 unspecified atom stereocenters. The molecule has 2 heterocycles. The largest absolute Gasteiger partial charge is 0.355 e. The fraction of sp³-hybridized carbons (Fsp3) is 0.476. The van der Waals surface area contributed by atoms with Crippen LogP contribution in [0.25, 0.3) is 0 Å². The summed E-state index contributed by atoms with van der Waals surface area (Å²) in [5.74, 6) is -0.161. The molecule has 1 aliphatic heterocycles. The van der Waals surface area contributed by atoms with Crippen molar-refractivity contribution in [3.63, 3.8) is 0 Å². The highest BCUT2D eigenvalue weighted by molar-refractivity contribution is 9.10. The Morgan fingerprint density at radius 1 is 1.23 bits per heavy atom. The van der Waals surface area contributed by atoms with Gasteiger partial charge in [0.25, 0.3) is 5.91 Å². The lowest BCUT2D eigenvalue weighted by molar-refractivity contribution is -0.383. The monoisotopic (exact) mass is 488 g/mol. The van der Waals surface area contributed by atoms with Crippen LogP contribution in [0.4, 0.5) is 17.3 Å². The van der Waals surface area contributed by atoms with E-state index in [0.29, 0.717) is 17.9 Å². The Labute approximate surface area is 188 Å². The predicted molar refractivity (Wildman–Crippen MR) is 121 cm³/mol. The Morgan fingerprint density at radius 3 is 2.61 bits per heavy atom. The molecular formula is C21H25BrN6O3. The van der Waals surface area contributed by atoms with Crippen LogP contribution in [-0.4, -0.2) is 33.4 Å². The van der Waals surface area contributed by atoms with E-state index >= 15 is 0 Å². The van der Waals surface area contributed by atoms with Crippen LogP contribution in [-0.2, 0) is 0 Å². The second kappa shape index (κ2) is 7.74. The van der Waals surface area contributed by atoms with Gasteiger partial charge in [0.1, 0.15) is 6.33 Å². The lowest BCUT2D eigenvalue weighted by atomic mass is 9.65. The van der Waals surface area contributed by atoms with Gasteiger partial charge in [-0.25, -0.2) is 9.97 Å². The number of benzene rings is 1. The number of carbonyl (C=O) groups is 1. The molecule has 2 fully saturated rings. The molecule has 2 atom stereocenters. The van der Waals surface area contributed by atoms with E-state index in [4.69, 9.17) is 0 Å². The van der Waals surface area contributed by atoms with Crippen LogP contribution < -0.4 is 15.8 Å². The summed E-state index contributed by atoms with van der Waals surface area (Å²) in [5, 5.41) is 12.0. The van der Waals surface area contributed by atoms with Gasteiger partial charge in [0, 0.05) is 22.6 Å². The number of rotatable bonds is 5. The number of nitrogens with zero attached hydrogens (tertiary/aromatic N) is 4. The van der Waals surface area contributed by atoms with Gasteiger partial charge in [-0.2, -0.15) is 0 Å². The van der Waals surface area contributed by atoms with Crippen LogP contribution in [0.5, 0.6) is 0 Å². The summed E-state index contributed by atoms with van der Waals surface area (Å²) < 4.78 is 0.848. The number of nitrogens with one attached hydrogen (secondary N) is 2. The van der Waals surface area contributed by atoms with Gasteiger partial charge in [0.2, 0.25) is 11.6 Å². The number of hydrazine groups is 1. The molecule has 1 saturated carbocycles. The standard InChI is InChI=1S/C21H25BrN6O3/c1-20(2)8-15-9-21(3,10-20)11-27(15)18-16(28(30)31)17(23-12-24-18)25-26-19(29)13-4-6-14(22)7-5-13/h4-7,12,15H,8-11H2,1-3H3,(H,26,29)(H,23,24,25). The molecule has 0 spiro atoms. The van der Waals surface area contributed by atoms with Gasteiger partial charge < -0.3 is 4.90 Å². The maximum Gasteiger partial charge on any atom is 0.355 e. The summed E-state index contributed by atoms with van der Waals surface area (Å²) in [5.41, 5.74) is 5.57. The molecule has 0 radical (unpaired) electrons. The average Bonchev–Trinajstić information content (AvgIpc) is 2.94. The molecule has 1 aromatic heterocycles. The zero-order valence-electron chi connectivity index (χ0n) is 17.7. The summed E-state index contributed by atoms with van der Waals surface area (Å²) in [6, 6.07) is 6.97. The molecule has 2 N–H and O–H groups in total. The van der Waals surface area contributed by atoms with Crippen molar-refractivity contribution in [1.82, 2.24) is 15.4 Å². The van der Waals surface area contributed by atoms with E-state index in [1.165, 1.54) is 6.33 Å². The van der Waals surface area contributed by atoms with Crippen molar-refractivity contribution < 1.29 is 9.72 Å². The van der Waals surface area contributed by atoms with Crippen molar-refractivity contribution in [2.75, 3.05) is 16.9 Å². The summed E-state index contributed by atoms with van der Waals surface area (Å²) in [7, 11) is 0. The van der Waals surface area contributed by atoms with E-state index in [2.05, 4.69) is 62.4 Å². The minimum Gasteiger partial charge on any atom is -0.347 e. The van der Waals surface area contributed by atoms with Crippen molar-refractivity contribution in [1.29, 1.82) is 0 Å². The van der Waals surface area contributed by atoms with Gasteiger partial charge in [-0.15, -0.1) is 0 Å². The van der Waals surface area contributed by atoms with Crippen molar-refractivity contribution in [3.05, 3.63) is 50.7 Å². The summed E-state index contributed by atoms with van der Waals surface area (Å²) in [6.07, 6.45) is 4.31. The molecule has 9 nitrogen and oxygen atoms in total. The van der Waals surface area contributed by atoms with E-state index in [1.807, 2.05) is 0 Å². The number of fused-ring (bicyclic) bond motifs is 2. The Hall–Kier alpha value is -2.75. The number of hydrogen-bond acceptors (Lipinski definition) is 7. The van der Waals surface area contributed by atoms with Gasteiger partial charge in [-0.1, -0.05) is 36.7 Å². The maximum atomic E-state index is 12.4. The fourth-order valence-electron chi connectivity index (χ4n) is 5.34. The predicted octanol–water partition coefficient (Wildman–Crippen LogP) is 4.31. The first-order valence-corrected chi connectivity index (χ1v) is 10.9. The molecule has 1 aliphatic carbocycles. The van der Waals surface area contributed by atoms with Crippen molar-refractivity contribution >= 4 is 39.2 Å². The van der Waals surface area contributed by atoms with Crippen LogP contribution in [0, 0.1) is 20.9 Å². The number of anilines is 2. The van der Waals surface area contributed by atoms with Crippen molar-refractivity contribution in [3.8, 4) is 0 Å². The second-order valence-corrected chi connectivity index (χ2v) is 10.5. The Morgan fingerprint density at radius 2 is 1.94 bits per heavy atom. The molecule has 1 amide bonds. The third-order valence-corrected chi connectivity index (χ3v) is 6.60. The first-order valence-electron chi connectivity index (χ1n) is 10.1. The second-order valence-electron chi connectivity index (χ2n) is 9.58. The molecule has 4 rings (SSSR count). The van der Waals surface area contributed by atoms with Crippen molar-refractivity contribution in [2.24, 2.45) is 10.8 Å². The van der Waals surface area contributed by atoms with Crippen LogP contribution >= 0.6 is 15.9 Å². The molecule has 2 aromatic rings. The first-order chi connectivity index (χ1) is 14.6. The van der Waals surface area contributed by atoms with Crippen LogP contribution in [0.2, 0.25) is 0 Å². The van der Waals surface area contributed by atoms with E-state index in [9.17, 15) is 14.9 Å². The zero-order valence-corrected chi connectivity index (χ0v) is 19.3. The van der Waals surface area contributed by atoms with Gasteiger partial charge in [0.15, 0.2) is 0 Å². The average molecular weight is 489 g/mol. The summed E-state index contributed by atoms with van der Waals surface area (Å²) >= 11 is 3.32. The zero-order chi connectivity index (χ0) is 22.4. The van der Waals surface area contributed by atoms with E-state index in [0.717, 1.165) is 23.7 Å². The topological polar surface area (TPSA) is 113 Å². The Bertz CT molecular complexity index is 1030. The molecule has 1 saturated heterocycles. The molecule has 10 heteroatoms. The third kappa shape index (κ3) is 4.34. The minimum atomic E-state index is -0.487. The highest BCUT2D eigenvalue weighted by Gasteiger charge is 2.51. The van der Waals surface area contributed by atoms with E-state index in [1.54, 1.807) is 24.3 Å². The molecular weight excluding hydrogens is 464 g/mol. The van der Waals surface area contributed by atoms with Gasteiger partial charge in [-0.05, 0) is 54.4 Å². The minimum absolute atomic E-state index is 0.0358. The highest BCUT2D eigenvalue weighted by atomic mass is 79.9. The maximum absolute atomic E-state index is 12.4. The van der Waals surface area contributed by atoms with Crippen molar-refractivity contribution in [2.45, 2.75) is 46.1 Å².